The Morgan fingerprint density at radius 1 is 1.14 bits per heavy atom. The molecule has 0 N–H and O–H groups in total. The molecule has 1 unspecified atom stereocenters. The summed E-state index contributed by atoms with van der Waals surface area (Å²) in [5.74, 6) is 1.06. The van der Waals surface area contributed by atoms with Crippen LogP contribution in [0.4, 0.5) is 0 Å². The van der Waals surface area contributed by atoms with E-state index in [2.05, 4.69) is 28.9 Å². The first-order valence-electron chi connectivity index (χ1n) is 8.47. The van der Waals surface area contributed by atoms with E-state index in [1.54, 1.807) is 0 Å². The van der Waals surface area contributed by atoms with Crippen LogP contribution < -0.4 is 0 Å². The predicted octanol–water partition coefficient (Wildman–Crippen LogP) is 2.86. The van der Waals surface area contributed by atoms with E-state index in [1.807, 2.05) is 23.1 Å². The molecule has 3 rings (SSSR count). The molecule has 2 aliphatic heterocycles. The van der Waals surface area contributed by atoms with Gasteiger partial charge in [0, 0.05) is 19.6 Å². The first-order chi connectivity index (χ1) is 10.8. The van der Waals surface area contributed by atoms with Crippen molar-refractivity contribution in [3.05, 3.63) is 35.9 Å². The molecule has 4 heteroatoms. The second-order valence-electron chi connectivity index (χ2n) is 6.09. The number of amides is 1. The Balaban J connectivity index is 1.77. The Kier molecular flexibility index (Phi) is 4.76. The van der Waals surface area contributed by atoms with Gasteiger partial charge in [-0.15, -0.1) is 0 Å². The summed E-state index contributed by atoms with van der Waals surface area (Å²) in [6.45, 7) is 5.62. The van der Waals surface area contributed by atoms with Crippen LogP contribution in [0.15, 0.2) is 35.3 Å². The van der Waals surface area contributed by atoms with Crippen molar-refractivity contribution in [2.24, 2.45) is 4.99 Å². The van der Waals surface area contributed by atoms with Crippen molar-refractivity contribution >= 4 is 11.9 Å². The van der Waals surface area contributed by atoms with E-state index in [0.29, 0.717) is 0 Å². The fraction of sp³-hybridized carbons (Fsp3) is 0.556. The minimum absolute atomic E-state index is 0.0608. The molecule has 0 aliphatic carbocycles. The van der Waals surface area contributed by atoms with Crippen molar-refractivity contribution in [2.45, 2.75) is 38.5 Å². The molecule has 0 saturated carbocycles. The standard InChI is InChI=1S/C18H25N3O/c1-2-16(15-9-5-3-6-10-15)17(22)21-14-11-19-18(21)20-12-7-4-8-13-20/h3,5-6,9-10,16H,2,4,7-8,11-14H2,1H3. The van der Waals surface area contributed by atoms with Crippen molar-refractivity contribution in [1.29, 1.82) is 0 Å². The van der Waals surface area contributed by atoms with Gasteiger partial charge in [0.05, 0.1) is 12.5 Å². The van der Waals surface area contributed by atoms with Gasteiger partial charge in [0.25, 0.3) is 0 Å². The number of benzene rings is 1. The van der Waals surface area contributed by atoms with E-state index in [-0.39, 0.29) is 11.8 Å². The Hall–Kier alpha value is -1.84. The quantitative estimate of drug-likeness (QED) is 0.860. The van der Waals surface area contributed by atoms with Crippen LogP contribution in [0.2, 0.25) is 0 Å². The summed E-state index contributed by atoms with van der Waals surface area (Å²) in [6.07, 6.45) is 4.53. The van der Waals surface area contributed by atoms with Gasteiger partial charge in [-0.2, -0.15) is 0 Å². The van der Waals surface area contributed by atoms with Gasteiger partial charge >= 0.3 is 0 Å². The molecule has 0 aromatic heterocycles. The van der Waals surface area contributed by atoms with Gasteiger partial charge in [0.1, 0.15) is 0 Å². The van der Waals surface area contributed by atoms with Crippen LogP contribution in [0, 0.1) is 0 Å². The smallest absolute Gasteiger partial charge is 0.236 e. The zero-order valence-corrected chi connectivity index (χ0v) is 13.4. The Bertz CT molecular complexity index is 535. The summed E-state index contributed by atoms with van der Waals surface area (Å²) < 4.78 is 0. The minimum Gasteiger partial charge on any atom is -0.342 e. The van der Waals surface area contributed by atoms with E-state index in [9.17, 15) is 4.79 Å². The number of hydrogen-bond acceptors (Lipinski definition) is 3. The average Bonchev–Trinajstić information content (AvgIpc) is 3.07. The van der Waals surface area contributed by atoms with E-state index in [4.69, 9.17) is 0 Å². The van der Waals surface area contributed by atoms with Gasteiger partial charge < -0.3 is 4.90 Å². The Labute approximate surface area is 132 Å². The van der Waals surface area contributed by atoms with E-state index < -0.39 is 0 Å². The van der Waals surface area contributed by atoms with Gasteiger partial charge in [-0.05, 0) is 31.2 Å². The molecular weight excluding hydrogens is 274 g/mol. The molecular formula is C18H25N3O. The molecule has 0 radical (unpaired) electrons. The first-order valence-corrected chi connectivity index (χ1v) is 8.47. The number of hydrogen-bond donors (Lipinski definition) is 0. The van der Waals surface area contributed by atoms with Crippen LogP contribution >= 0.6 is 0 Å². The Morgan fingerprint density at radius 3 is 2.55 bits per heavy atom. The van der Waals surface area contributed by atoms with Crippen molar-refractivity contribution < 1.29 is 4.79 Å². The maximum absolute atomic E-state index is 13.0. The number of carbonyl (C=O) groups excluding carboxylic acids is 1. The maximum Gasteiger partial charge on any atom is 0.236 e. The van der Waals surface area contributed by atoms with Crippen molar-refractivity contribution in [3.8, 4) is 0 Å². The van der Waals surface area contributed by atoms with Crippen LogP contribution in [0.1, 0.15) is 44.1 Å². The lowest BCUT2D eigenvalue weighted by Crippen LogP contribution is -2.48. The minimum atomic E-state index is -0.0608. The largest absolute Gasteiger partial charge is 0.342 e. The number of likely N-dealkylation sites (tertiary alicyclic amines) is 1. The zero-order chi connectivity index (χ0) is 15.4. The van der Waals surface area contributed by atoms with E-state index in [1.165, 1.54) is 19.3 Å². The SMILES string of the molecule is CCC(C(=O)N1CCN=C1N1CCCCC1)c1ccccc1. The fourth-order valence-electron chi connectivity index (χ4n) is 3.44. The molecule has 0 bridgehead atoms. The molecule has 2 aliphatic rings. The molecule has 22 heavy (non-hydrogen) atoms. The van der Waals surface area contributed by atoms with Crippen LogP contribution in [0.5, 0.6) is 0 Å². The molecule has 1 aromatic carbocycles. The normalized spacial score (nSPS) is 20.0. The molecule has 2 heterocycles. The predicted molar refractivity (Wildman–Crippen MR) is 88.9 cm³/mol. The van der Waals surface area contributed by atoms with Gasteiger partial charge in [-0.1, -0.05) is 37.3 Å². The maximum atomic E-state index is 13.0. The summed E-state index contributed by atoms with van der Waals surface area (Å²) in [7, 11) is 0. The van der Waals surface area contributed by atoms with E-state index >= 15 is 0 Å². The summed E-state index contributed by atoms with van der Waals surface area (Å²) >= 11 is 0. The Morgan fingerprint density at radius 2 is 1.86 bits per heavy atom. The van der Waals surface area contributed by atoms with Gasteiger partial charge in [0.2, 0.25) is 11.9 Å². The number of nitrogens with zero attached hydrogens (tertiary/aromatic N) is 3. The van der Waals surface area contributed by atoms with Crippen LogP contribution in [0.25, 0.3) is 0 Å². The lowest BCUT2D eigenvalue weighted by molar-refractivity contribution is -0.129. The second kappa shape index (κ2) is 6.95. The zero-order valence-electron chi connectivity index (χ0n) is 13.4. The molecule has 1 amide bonds. The van der Waals surface area contributed by atoms with Crippen molar-refractivity contribution in [1.82, 2.24) is 9.80 Å². The molecule has 1 saturated heterocycles. The average molecular weight is 299 g/mol. The lowest BCUT2D eigenvalue weighted by atomic mass is 9.95. The highest BCUT2D eigenvalue weighted by atomic mass is 16.2. The number of carbonyl (C=O) groups is 1. The second-order valence-corrected chi connectivity index (χ2v) is 6.09. The number of guanidine groups is 1. The van der Waals surface area contributed by atoms with Gasteiger partial charge in [-0.25, -0.2) is 0 Å². The molecule has 118 valence electrons. The van der Waals surface area contributed by atoms with Crippen molar-refractivity contribution in [3.63, 3.8) is 0 Å². The summed E-state index contributed by atoms with van der Waals surface area (Å²) in [5.41, 5.74) is 1.11. The molecule has 4 nitrogen and oxygen atoms in total. The van der Waals surface area contributed by atoms with Crippen LogP contribution in [0.3, 0.4) is 0 Å². The van der Waals surface area contributed by atoms with Crippen LogP contribution in [-0.4, -0.2) is 47.8 Å². The summed E-state index contributed by atoms with van der Waals surface area (Å²) in [4.78, 5) is 21.9. The van der Waals surface area contributed by atoms with Gasteiger partial charge in [-0.3, -0.25) is 14.7 Å². The first kappa shape index (κ1) is 15.1. The van der Waals surface area contributed by atoms with Gasteiger partial charge in [0.15, 0.2) is 0 Å². The molecule has 1 aromatic rings. The summed E-state index contributed by atoms with van der Waals surface area (Å²) in [5, 5.41) is 0. The monoisotopic (exact) mass is 299 g/mol. The highest BCUT2D eigenvalue weighted by molar-refractivity contribution is 6.01. The number of rotatable bonds is 3. The third-order valence-electron chi connectivity index (χ3n) is 4.63. The van der Waals surface area contributed by atoms with E-state index in [0.717, 1.165) is 44.1 Å². The third-order valence-corrected chi connectivity index (χ3v) is 4.63. The van der Waals surface area contributed by atoms with Crippen molar-refractivity contribution in [2.75, 3.05) is 26.2 Å². The topological polar surface area (TPSA) is 35.9 Å². The molecule has 1 atom stereocenters. The third kappa shape index (κ3) is 3.01. The lowest BCUT2D eigenvalue weighted by Gasteiger charge is -2.34. The summed E-state index contributed by atoms with van der Waals surface area (Å²) in [6, 6.07) is 10.1. The molecule has 0 spiro atoms. The van der Waals surface area contributed by atoms with Crippen LogP contribution in [-0.2, 0) is 4.79 Å². The highest BCUT2D eigenvalue weighted by Gasteiger charge is 2.32. The number of aliphatic imine (C=N–C) groups is 1. The fourth-order valence-corrected chi connectivity index (χ4v) is 3.44. The highest BCUT2D eigenvalue weighted by Crippen LogP contribution is 2.24. The number of piperidine rings is 1. The molecule has 1 fully saturated rings.